The Labute approximate surface area is 160 Å². The zero-order chi connectivity index (χ0) is 18.4. The van der Waals surface area contributed by atoms with E-state index in [1.54, 1.807) is 0 Å². The van der Waals surface area contributed by atoms with Crippen molar-refractivity contribution in [2.45, 2.75) is 13.8 Å². The van der Waals surface area contributed by atoms with E-state index < -0.39 is 7.92 Å². The van der Waals surface area contributed by atoms with Crippen LogP contribution in [0.5, 0.6) is 0 Å². The van der Waals surface area contributed by atoms with Gasteiger partial charge in [-0.05, 0) is 42.4 Å². The molecule has 0 amide bonds. The fourth-order valence-electron chi connectivity index (χ4n) is 3.93. The van der Waals surface area contributed by atoms with Crippen LogP contribution < -0.4 is 16.2 Å². The predicted molar refractivity (Wildman–Crippen MR) is 118 cm³/mol. The Morgan fingerprint density at radius 2 is 1.00 bits per heavy atom. The molecule has 0 saturated carbocycles. The number of hydrogen-bond acceptors (Lipinski definition) is 0. The third-order valence-corrected chi connectivity index (χ3v) is 7.94. The van der Waals surface area contributed by atoms with E-state index in [1.807, 2.05) is 0 Å². The minimum Gasteiger partial charge on any atom is -0.354 e. The maximum Gasteiger partial charge on any atom is 0.0531 e. The van der Waals surface area contributed by atoms with Gasteiger partial charge in [0, 0.05) is 29.7 Å². The number of aromatic nitrogens is 2. The largest absolute Gasteiger partial charge is 0.354 e. The van der Waals surface area contributed by atoms with Gasteiger partial charge in [0.2, 0.25) is 0 Å². The minimum absolute atomic E-state index is 0.692. The number of hydrogen-bond donors (Lipinski definition) is 2. The molecule has 132 valence electrons. The van der Waals surface area contributed by atoms with Crippen LogP contribution in [0.1, 0.15) is 11.1 Å². The van der Waals surface area contributed by atoms with Crippen molar-refractivity contribution in [2.24, 2.45) is 0 Å². The number of rotatable bonds is 3. The molecular weight excluding hydrogens is 347 g/mol. The van der Waals surface area contributed by atoms with Gasteiger partial charge in [-0.3, -0.25) is 0 Å². The third kappa shape index (κ3) is 2.60. The van der Waals surface area contributed by atoms with Gasteiger partial charge in [-0.2, -0.15) is 0 Å². The van der Waals surface area contributed by atoms with Crippen LogP contribution in [-0.2, 0) is 0 Å². The minimum atomic E-state index is -0.692. The lowest BCUT2D eigenvalue weighted by Gasteiger charge is -2.18. The molecule has 0 aliphatic heterocycles. The molecule has 2 nitrogen and oxygen atoms in total. The second-order valence-corrected chi connectivity index (χ2v) is 9.04. The van der Waals surface area contributed by atoms with Gasteiger partial charge in [0.25, 0.3) is 0 Å². The summed E-state index contributed by atoms with van der Waals surface area (Å²) in [5.41, 5.74) is 7.76. The molecule has 2 aromatic heterocycles. The van der Waals surface area contributed by atoms with E-state index in [1.165, 1.54) is 49.1 Å². The molecule has 0 saturated heterocycles. The molecule has 5 aromatic rings. The van der Waals surface area contributed by atoms with E-state index in [9.17, 15) is 0 Å². The standard InChI is InChI=1S/C24H21N2P/c1-16-19-12-6-8-14-21(19)25-23(16)27(18-10-4-3-5-11-18)24-17(2)20-13-7-9-15-22(20)26-24/h3-15,25-26H,1-2H3. The van der Waals surface area contributed by atoms with Crippen molar-refractivity contribution in [1.82, 2.24) is 9.97 Å². The number of para-hydroxylation sites is 2. The Bertz CT molecular complexity index is 1170. The molecule has 0 spiro atoms. The highest BCUT2D eigenvalue weighted by atomic mass is 31.1. The average Bonchev–Trinajstić information content (AvgIpc) is 3.22. The van der Waals surface area contributed by atoms with Gasteiger partial charge in [0.15, 0.2) is 0 Å². The van der Waals surface area contributed by atoms with Crippen LogP contribution in [-0.4, -0.2) is 9.97 Å². The van der Waals surface area contributed by atoms with Crippen molar-refractivity contribution >= 4 is 45.9 Å². The summed E-state index contributed by atoms with van der Waals surface area (Å²) < 4.78 is 0. The SMILES string of the molecule is Cc1c(P(c2ccccc2)c2[nH]c3ccccc3c2C)[nH]c2ccccc12. The first-order valence-electron chi connectivity index (χ1n) is 9.24. The topological polar surface area (TPSA) is 31.6 Å². The highest BCUT2D eigenvalue weighted by molar-refractivity contribution is 7.79. The van der Waals surface area contributed by atoms with Crippen molar-refractivity contribution in [3.05, 3.63) is 90.0 Å². The number of H-pyrrole nitrogens is 2. The first-order valence-corrected chi connectivity index (χ1v) is 10.6. The van der Waals surface area contributed by atoms with Crippen LogP contribution in [0.2, 0.25) is 0 Å². The lowest BCUT2D eigenvalue weighted by Crippen LogP contribution is -2.25. The Balaban J connectivity index is 1.81. The molecule has 0 aliphatic rings. The smallest absolute Gasteiger partial charge is 0.0531 e. The summed E-state index contributed by atoms with van der Waals surface area (Å²) in [5, 5.41) is 3.98. The molecule has 0 aliphatic carbocycles. The maximum atomic E-state index is 3.74. The first kappa shape index (κ1) is 16.4. The van der Waals surface area contributed by atoms with Gasteiger partial charge in [-0.1, -0.05) is 66.7 Å². The molecule has 0 radical (unpaired) electrons. The number of benzene rings is 3. The number of fused-ring (bicyclic) bond motifs is 2. The lowest BCUT2D eigenvalue weighted by atomic mass is 10.2. The first-order chi connectivity index (χ1) is 13.2. The zero-order valence-electron chi connectivity index (χ0n) is 15.5. The molecule has 2 N–H and O–H groups in total. The second-order valence-electron chi connectivity index (χ2n) is 6.96. The molecule has 0 atom stereocenters. The highest BCUT2D eigenvalue weighted by Crippen LogP contribution is 2.38. The van der Waals surface area contributed by atoms with E-state index in [-0.39, 0.29) is 0 Å². The summed E-state index contributed by atoms with van der Waals surface area (Å²) in [4.78, 5) is 7.48. The van der Waals surface area contributed by atoms with Gasteiger partial charge in [-0.25, -0.2) is 0 Å². The van der Waals surface area contributed by atoms with Gasteiger partial charge in [0.05, 0.1) is 10.9 Å². The molecular formula is C24H21N2P. The summed E-state index contributed by atoms with van der Waals surface area (Å²) >= 11 is 0. The fourth-order valence-corrected chi connectivity index (χ4v) is 6.52. The Morgan fingerprint density at radius 1 is 0.556 bits per heavy atom. The van der Waals surface area contributed by atoms with E-state index in [4.69, 9.17) is 0 Å². The number of aromatic amines is 2. The zero-order valence-corrected chi connectivity index (χ0v) is 16.3. The van der Waals surface area contributed by atoms with Crippen molar-refractivity contribution in [2.75, 3.05) is 0 Å². The maximum absolute atomic E-state index is 3.74. The van der Waals surface area contributed by atoms with Crippen LogP contribution in [0, 0.1) is 13.8 Å². The van der Waals surface area contributed by atoms with Crippen molar-refractivity contribution < 1.29 is 0 Å². The quantitative estimate of drug-likeness (QED) is 0.419. The lowest BCUT2D eigenvalue weighted by molar-refractivity contribution is 1.48. The number of aryl methyl sites for hydroxylation is 2. The Hall–Kier alpha value is -2.83. The van der Waals surface area contributed by atoms with Gasteiger partial charge >= 0.3 is 0 Å². The van der Waals surface area contributed by atoms with Crippen molar-refractivity contribution in [3.8, 4) is 0 Å². The molecule has 3 aromatic carbocycles. The monoisotopic (exact) mass is 368 g/mol. The summed E-state index contributed by atoms with van der Waals surface area (Å²) in [6, 6.07) is 28.1. The van der Waals surface area contributed by atoms with E-state index in [0.717, 1.165) is 0 Å². The molecule has 0 fully saturated rings. The highest BCUT2D eigenvalue weighted by Gasteiger charge is 2.25. The van der Waals surface area contributed by atoms with Crippen LogP contribution in [0.15, 0.2) is 78.9 Å². The fraction of sp³-hybridized carbons (Fsp3) is 0.0833. The summed E-state index contributed by atoms with van der Waals surface area (Å²) in [6.45, 7) is 4.48. The summed E-state index contributed by atoms with van der Waals surface area (Å²) in [6.07, 6.45) is 0. The number of nitrogens with one attached hydrogen (secondary N) is 2. The third-order valence-electron chi connectivity index (χ3n) is 5.34. The molecule has 0 unspecified atom stereocenters. The van der Waals surface area contributed by atoms with Crippen LogP contribution in [0.3, 0.4) is 0 Å². The average molecular weight is 368 g/mol. The van der Waals surface area contributed by atoms with Crippen molar-refractivity contribution in [1.29, 1.82) is 0 Å². The molecule has 5 rings (SSSR count). The van der Waals surface area contributed by atoms with Gasteiger partial charge < -0.3 is 9.97 Å². The molecule has 0 bridgehead atoms. The Kier molecular flexibility index (Phi) is 3.88. The predicted octanol–water partition coefficient (Wildman–Crippen LogP) is 5.02. The van der Waals surface area contributed by atoms with Crippen molar-refractivity contribution in [3.63, 3.8) is 0 Å². The van der Waals surface area contributed by atoms with Crippen LogP contribution >= 0.6 is 7.92 Å². The summed E-state index contributed by atoms with van der Waals surface area (Å²) in [5.74, 6) is 0. The normalized spacial score (nSPS) is 11.7. The van der Waals surface area contributed by atoms with E-state index >= 15 is 0 Å². The molecule has 3 heteroatoms. The van der Waals surface area contributed by atoms with Crippen LogP contribution in [0.25, 0.3) is 21.8 Å². The second kappa shape index (κ2) is 6.40. The van der Waals surface area contributed by atoms with E-state index in [0.29, 0.717) is 0 Å². The van der Waals surface area contributed by atoms with E-state index in [2.05, 4.69) is 103 Å². The molecule has 27 heavy (non-hydrogen) atoms. The van der Waals surface area contributed by atoms with Gasteiger partial charge in [-0.15, -0.1) is 0 Å². The van der Waals surface area contributed by atoms with Crippen LogP contribution in [0.4, 0.5) is 0 Å². The summed E-state index contributed by atoms with van der Waals surface area (Å²) in [7, 11) is -0.692. The molecule has 2 heterocycles. The Morgan fingerprint density at radius 3 is 1.48 bits per heavy atom. The van der Waals surface area contributed by atoms with Gasteiger partial charge in [0.1, 0.15) is 0 Å².